The summed E-state index contributed by atoms with van der Waals surface area (Å²) in [4.78, 5) is 23.4. The Morgan fingerprint density at radius 2 is 2.11 bits per heavy atom. The van der Waals surface area contributed by atoms with Gasteiger partial charge in [0.2, 0.25) is 5.91 Å². The molecule has 11 heteroatoms. The number of likely N-dealkylation sites (tertiary alicyclic amines) is 1. The molecule has 1 saturated heterocycles. The zero-order chi connectivity index (χ0) is 26.6. The Morgan fingerprint density at radius 3 is 2.89 bits per heavy atom. The van der Waals surface area contributed by atoms with Gasteiger partial charge in [-0.15, -0.1) is 0 Å². The number of nitrogens with zero attached hydrogens (tertiary/aromatic N) is 3. The van der Waals surface area contributed by atoms with Crippen LogP contribution in [0.15, 0.2) is 59.5 Å². The largest absolute Gasteiger partial charge is 0.493 e. The summed E-state index contributed by atoms with van der Waals surface area (Å²) >= 11 is 5.93. The lowest BCUT2D eigenvalue weighted by Gasteiger charge is -2.17. The van der Waals surface area contributed by atoms with Gasteiger partial charge in [-0.2, -0.15) is 0 Å². The number of likely N-dealkylation sites (N-methyl/N-ethyl adjacent to an activating group) is 1. The molecule has 0 aliphatic carbocycles. The Hall–Kier alpha value is -3.89. The van der Waals surface area contributed by atoms with E-state index in [0.29, 0.717) is 54.2 Å². The highest BCUT2D eigenvalue weighted by Crippen LogP contribution is 2.37. The Bertz CT molecular complexity index is 1430. The molecule has 5 rings (SSSR count). The number of anilines is 2. The van der Waals surface area contributed by atoms with E-state index in [4.69, 9.17) is 25.5 Å². The quantitative estimate of drug-likeness (QED) is 0.319. The number of hydrogen-bond donors (Lipinski definition) is 2. The van der Waals surface area contributed by atoms with Crippen LogP contribution in [0.2, 0.25) is 5.02 Å². The molecule has 4 aromatic rings. The number of ether oxygens (including phenoxy) is 2. The van der Waals surface area contributed by atoms with E-state index in [1.807, 2.05) is 24.1 Å². The van der Waals surface area contributed by atoms with E-state index in [-0.39, 0.29) is 28.8 Å². The van der Waals surface area contributed by atoms with Crippen LogP contribution >= 0.6 is 11.6 Å². The minimum atomic E-state index is -0.576. The molecule has 1 aliphatic rings. The second kappa shape index (κ2) is 11.2. The molecular formula is C27H27ClFN5O4. The summed E-state index contributed by atoms with van der Waals surface area (Å²) in [7, 11) is 3.44. The van der Waals surface area contributed by atoms with Crippen molar-refractivity contribution in [3.8, 4) is 11.5 Å². The molecule has 0 bridgehead atoms. The monoisotopic (exact) mass is 539 g/mol. The molecule has 1 fully saturated rings. The van der Waals surface area contributed by atoms with Crippen LogP contribution in [0.5, 0.6) is 11.5 Å². The fourth-order valence-corrected chi connectivity index (χ4v) is 4.72. The van der Waals surface area contributed by atoms with Gasteiger partial charge in [-0.25, -0.2) is 14.4 Å². The molecule has 2 N–H and O–H groups in total. The number of aromatic nitrogens is 2. The fraction of sp³-hybridized carbons (Fsp3) is 0.296. The third-order valence-electron chi connectivity index (χ3n) is 6.48. The molecule has 38 heavy (non-hydrogen) atoms. The number of nitrogens with one attached hydrogen (secondary N) is 2. The number of furan rings is 1. The highest BCUT2D eigenvalue weighted by Gasteiger charge is 2.36. The number of hydrogen-bond acceptors (Lipinski definition) is 8. The standard InChI is InChI=1S/C27H27ClFN5O4/c1-34-14-17(11-22(34)27(35)30-9-8-16-5-4-10-37-16)38-24-12-18-21(13-23(24)36-2)31-15-32-26(18)33-20-7-3-6-19(28)25(20)29/h3-7,10,12-13,15,17,22H,8-9,11,14H2,1-2H3,(H,30,35)(H,31,32,33)/t17-,22+/m0/s1. The van der Waals surface area contributed by atoms with Crippen molar-refractivity contribution in [2.45, 2.75) is 25.0 Å². The van der Waals surface area contributed by atoms with Gasteiger partial charge in [-0.1, -0.05) is 17.7 Å². The zero-order valence-electron chi connectivity index (χ0n) is 20.9. The van der Waals surface area contributed by atoms with E-state index in [2.05, 4.69) is 20.6 Å². The van der Waals surface area contributed by atoms with Crippen LogP contribution in [-0.4, -0.2) is 60.2 Å². The Labute approximate surface area is 223 Å². The Morgan fingerprint density at radius 1 is 1.24 bits per heavy atom. The molecule has 1 amide bonds. The molecule has 3 heterocycles. The number of amides is 1. The second-order valence-electron chi connectivity index (χ2n) is 9.02. The van der Waals surface area contributed by atoms with Gasteiger partial charge in [0.1, 0.15) is 24.0 Å². The number of benzene rings is 2. The first kappa shape index (κ1) is 25.7. The van der Waals surface area contributed by atoms with Crippen LogP contribution in [-0.2, 0) is 11.2 Å². The molecule has 2 aromatic heterocycles. The van der Waals surface area contributed by atoms with Crippen molar-refractivity contribution in [1.82, 2.24) is 20.2 Å². The van der Waals surface area contributed by atoms with E-state index in [0.717, 1.165) is 5.76 Å². The normalized spacial score (nSPS) is 17.5. The average Bonchev–Trinajstić information content (AvgIpc) is 3.56. The van der Waals surface area contributed by atoms with Crippen LogP contribution in [0.1, 0.15) is 12.2 Å². The highest BCUT2D eigenvalue weighted by molar-refractivity contribution is 6.31. The lowest BCUT2D eigenvalue weighted by atomic mass is 10.1. The third-order valence-corrected chi connectivity index (χ3v) is 6.77. The van der Waals surface area contributed by atoms with Gasteiger partial charge < -0.3 is 24.5 Å². The van der Waals surface area contributed by atoms with Gasteiger partial charge in [0.25, 0.3) is 0 Å². The van der Waals surface area contributed by atoms with Crippen LogP contribution in [0.25, 0.3) is 10.9 Å². The van der Waals surface area contributed by atoms with E-state index < -0.39 is 5.82 Å². The van der Waals surface area contributed by atoms with Crippen molar-refractivity contribution in [2.24, 2.45) is 0 Å². The van der Waals surface area contributed by atoms with E-state index in [9.17, 15) is 9.18 Å². The smallest absolute Gasteiger partial charge is 0.237 e. The first-order valence-corrected chi connectivity index (χ1v) is 12.5. The summed E-state index contributed by atoms with van der Waals surface area (Å²) in [5.41, 5.74) is 0.778. The molecule has 0 radical (unpaired) electrons. The van der Waals surface area contributed by atoms with Gasteiger partial charge in [0.05, 0.1) is 35.6 Å². The van der Waals surface area contributed by atoms with E-state index >= 15 is 0 Å². The molecule has 0 unspecified atom stereocenters. The maximum absolute atomic E-state index is 14.5. The van der Waals surface area contributed by atoms with Gasteiger partial charge in [-0.05, 0) is 37.4 Å². The third kappa shape index (κ3) is 5.51. The molecule has 0 spiro atoms. The van der Waals surface area contributed by atoms with Crippen molar-refractivity contribution in [2.75, 3.05) is 32.6 Å². The Kier molecular flexibility index (Phi) is 7.62. The minimum Gasteiger partial charge on any atom is -0.493 e. The van der Waals surface area contributed by atoms with E-state index in [1.54, 1.807) is 37.6 Å². The summed E-state index contributed by atoms with van der Waals surface area (Å²) in [5.74, 6) is 1.55. The van der Waals surface area contributed by atoms with Crippen LogP contribution in [0.4, 0.5) is 15.9 Å². The first-order chi connectivity index (χ1) is 18.4. The van der Waals surface area contributed by atoms with Gasteiger partial charge in [0, 0.05) is 37.4 Å². The van der Waals surface area contributed by atoms with Gasteiger partial charge in [0.15, 0.2) is 17.3 Å². The molecule has 9 nitrogen and oxygen atoms in total. The predicted octanol–water partition coefficient (Wildman–Crippen LogP) is 4.58. The summed E-state index contributed by atoms with van der Waals surface area (Å²) in [6, 6.07) is 11.6. The second-order valence-corrected chi connectivity index (χ2v) is 9.43. The zero-order valence-corrected chi connectivity index (χ0v) is 21.7. The van der Waals surface area contributed by atoms with Crippen LogP contribution in [0, 0.1) is 5.82 Å². The summed E-state index contributed by atoms with van der Waals surface area (Å²) in [6.07, 6.45) is 3.88. The maximum Gasteiger partial charge on any atom is 0.237 e. The summed E-state index contributed by atoms with van der Waals surface area (Å²) in [6.45, 7) is 1.05. The SMILES string of the molecule is COc1cc2ncnc(Nc3cccc(Cl)c3F)c2cc1O[C@H]1C[C@H](C(=O)NCCc2ccco2)N(C)C1. The van der Waals surface area contributed by atoms with E-state index in [1.165, 1.54) is 12.4 Å². The van der Waals surface area contributed by atoms with Crippen molar-refractivity contribution in [3.63, 3.8) is 0 Å². The topological polar surface area (TPSA) is 102 Å². The maximum atomic E-state index is 14.5. The Balaban J connectivity index is 1.32. The average molecular weight is 540 g/mol. The molecular weight excluding hydrogens is 513 g/mol. The number of rotatable bonds is 9. The van der Waals surface area contributed by atoms with Crippen molar-refractivity contribution < 1.29 is 23.1 Å². The van der Waals surface area contributed by atoms with Gasteiger partial charge in [-0.3, -0.25) is 9.69 Å². The lowest BCUT2D eigenvalue weighted by Crippen LogP contribution is -2.42. The first-order valence-electron chi connectivity index (χ1n) is 12.1. The lowest BCUT2D eigenvalue weighted by molar-refractivity contribution is -0.125. The number of methoxy groups -OCH3 is 1. The molecule has 0 saturated carbocycles. The van der Waals surface area contributed by atoms with Gasteiger partial charge >= 0.3 is 0 Å². The molecule has 2 aromatic carbocycles. The minimum absolute atomic E-state index is 0.00367. The summed E-state index contributed by atoms with van der Waals surface area (Å²) < 4.78 is 31.7. The highest BCUT2D eigenvalue weighted by atomic mass is 35.5. The fourth-order valence-electron chi connectivity index (χ4n) is 4.55. The summed E-state index contributed by atoms with van der Waals surface area (Å²) in [5, 5.41) is 6.59. The number of carbonyl (C=O) groups excluding carboxylic acids is 1. The van der Waals surface area contributed by atoms with Crippen molar-refractivity contribution in [3.05, 3.63) is 71.7 Å². The molecule has 1 aliphatic heterocycles. The van der Waals surface area contributed by atoms with Crippen molar-refractivity contribution in [1.29, 1.82) is 0 Å². The predicted molar refractivity (Wildman–Crippen MR) is 142 cm³/mol. The number of fused-ring (bicyclic) bond motifs is 1. The molecule has 198 valence electrons. The number of halogens is 2. The number of carbonyl (C=O) groups is 1. The molecule has 2 atom stereocenters. The van der Waals surface area contributed by atoms with Crippen LogP contribution < -0.4 is 20.1 Å². The van der Waals surface area contributed by atoms with Crippen molar-refractivity contribution >= 4 is 39.9 Å². The van der Waals surface area contributed by atoms with Crippen LogP contribution in [0.3, 0.4) is 0 Å².